The standard InChI is InChI=1S/C22H21N5O3/c1-12-6-8-14(9-7-12)24-22-26-19-18(21(30)27-22)16(11-17(28)25-19)20(29)23-15-5-3-4-13(2)10-15/h3-10,16H,11H2,1-2H3,(H,23,29)(H3,24,25,26,27,28,30)/t16-/m1/s1. The highest BCUT2D eigenvalue weighted by molar-refractivity contribution is 6.04. The Morgan fingerprint density at radius 1 is 1.03 bits per heavy atom. The number of aromatic amines is 1. The zero-order valence-corrected chi connectivity index (χ0v) is 16.6. The molecule has 3 aromatic rings. The van der Waals surface area contributed by atoms with Gasteiger partial charge >= 0.3 is 0 Å². The fourth-order valence-corrected chi connectivity index (χ4v) is 3.38. The van der Waals surface area contributed by atoms with E-state index in [0.717, 1.165) is 16.8 Å². The summed E-state index contributed by atoms with van der Waals surface area (Å²) in [6, 6.07) is 14.9. The van der Waals surface area contributed by atoms with E-state index >= 15 is 0 Å². The number of anilines is 4. The molecule has 0 bridgehead atoms. The molecule has 0 fully saturated rings. The largest absolute Gasteiger partial charge is 0.326 e. The van der Waals surface area contributed by atoms with Crippen molar-refractivity contribution in [2.45, 2.75) is 26.2 Å². The third-order valence-electron chi connectivity index (χ3n) is 4.87. The lowest BCUT2D eigenvalue weighted by Gasteiger charge is -2.23. The number of rotatable bonds is 4. The number of nitrogens with zero attached hydrogens (tertiary/aromatic N) is 1. The van der Waals surface area contributed by atoms with Gasteiger partial charge in [-0.15, -0.1) is 0 Å². The number of nitrogens with one attached hydrogen (secondary N) is 4. The fourth-order valence-electron chi connectivity index (χ4n) is 3.38. The number of H-pyrrole nitrogens is 1. The SMILES string of the molecule is Cc1ccc(Nc2nc3c(c(=O)[nH]2)[C@H](C(=O)Nc2cccc(C)c2)CC(=O)N3)cc1. The summed E-state index contributed by atoms with van der Waals surface area (Å²) in [5.74, 6) is -1.45. The van der Waals surface area contributed by atoms with Gasteiger partial charge in [-0.3, -0.25) is 19.4 Å². The Labute approximate surface area is 172 Å². The zero-order valence-electron chi connectivity index (χ0n) is 16.6. The van der Waals surface area contributed by atoms with Crippen LogP contribution in [-0.4, -0.2) is 21.8 Å². The van der Waals surface area contributed by atoms with E-state index in [-0.39, 0.29) is 29.7 Å². The van der Waals surface area contributed by atoms with Crippen LogP contribution in [0.15, 0.2) is 53.3 Å². The smallest absolute Gasteiger partial charge is 0.258 e. The van der Waals surface area contributed by atoms with Gasteiger partial charge < -0.3 is 16.0 Å². The van der Waals surface area contributed by atoms with Crippen molar-refractivity contribution in [3.05, 3.63) is 75.6 Å². The van der Waals surface area contributed by atoms with Crippen LogP contribution >= 0.6 is 0 Å². The second kappa shape index (κ2) is 7.82. The second-order valence-electron chi connectivity index (χ2n) is 7.33. The Morgan fingerprint density at radius 3 is 2.53 bits per heavy atom. The molecule has 0 aliphatic carbocycles. The van der Waals surface area contributed by atoms with Crippen LogP contribution in [0.25, 0.3) is 0 Å². The Kier molecular flexibility index (Phi) is 5.05. The summed E-state index contributed by atoms with van der Waals surface area (Å²) in [7, 11) is 0. The molecule has 1 atom stereocenters. The molecule has 2 amide bonds. The summed E-state index contributed by atoms with van der Waals surface area (Å²) in [4.78, 5) is 44.8. The van der Waals surface area contributed by atoms with Crippen molar-refractivity contribution in [2.75, 3.05) is 16.0 Å². The van der Waals surface area contributed by atoms with Gasteiger partial charge in [-0.1, -0.05) is 29.8 Å². The van der Waals surface area contributed by atoms with E-state index in [4.69, 9.17) is 0 Å². The van der Waals surface area contributed by atoms with Crippen LogP contribution in [0.5, 0.6) is 0 Å². The highest BCUT2D eigenvalue weighted by Gasteiger charge is 2.34. The predicted octanol–water partition coefficient (Wildman–Crippen LogP) is 3.19. The molecule has 8 heteroatoms. The minimum Gasteiger partial charge on any atom is -0.326 e. The molecule has 0 saturated carbocycles. The van der Waals surface area contributed by atoms with Gasteiger partial charge in [-0.2, -0.15) is 4.98 Å². The number of aryl methyl sites for hydroxylation is 2. The Balaban J connectivity index is 1.63. The molecule has 1 aliphatic heterocycles. The normalized spacial score (nSPS) is 15.1. The average Bonchev–Trinajstić information content (AvgIpc) is 2.69. The monoisotopic (exact) mass is 403 g/mol. The van der Waals surface area contributed by atoms with Crippen LogP contribution in [0.1, 0.15) is 29.0 Å². The van der Waals surface area contributed by atoms with Gasteiger partial charge in [0.1, 0.15) is 5.82 Å². The molecule has 1 aliphatic rings. The molecule has 0 spiro atoms. The van der Waals surface area contributed by atoms with E-state index in [1.54, 1.807) is 6.07 Å². The number of benzene rings is 2. The summed E-state index contributed by atoms with van der Waals surface area (Å²) < 4.78 is 0. The molecule has 2 aromatic carbocycles. The quantitative estimate of drug-likeness (QED) is 0.534. The van der Waals surface area contributed by atoms with Crippen molar-refractivity contribution in [1.82, 2.24) is 9.97 Å². The summed E-state index contributed by atoms with van der Waals surface area (Å²) in [6.07, 6.45) is -0.125. The van der Waals surface area contributed by atoms with Crippen LogP contribution in [0.4, 0.5) is 23.1 Å². The molecule has 8 nitrogen and oxygen atoms in total. The first kappa shape index (κ1) is 19.4. The van der Waals surface area contributed by atoms with Crippen molar-refractivity contribution in [3.8, 4) is 0 Å². The summed E-state index contributed by atoms with van der Waals surface area (Å²) >= 11 is 0. The first-order chi connectivity index (χ1) is 14.4. The van der Waals surface area contributed by atoms with Gasteiger partial charge in [-0.05, 0) is 43.7 Å². The number of hydrogen-bond donors (Lipinski definition) is 4. The molecule has 4 rings (SSSR count). The van der Waals surface area contributed by atoms with E-state index in [1.165, 1.54) is 0 Å². The summed E-state index contributed by atoms with van der Waals surface area (Å²) in [5, 5.41) is 8.40. The van der Waals surface area contributed by atoms with Crippen molar-refractivity contribution >= 4 is 35.0 Å². The zero-order chi connectivity index (χ0) is 21.3. The topological polar surface area (TPSA) is 116 Å². The molecular formula is C22H21N5O3. The molecule has 30 heavy (non-hydrogen) atoms. The third-order valence-corrected chi connectivity index (χ3v) is 4.87. The molecule has 4 N–H and O–H groups in total. The van der Waals surface area contributed by atoms with Gasteiger partial charge in [0.05, 0.1) is 11.5 Å². The van der Waals surface area contributed by atoms with E-state index in [0.29, 0.717) is 5.69 Å². The second-order valence-corrected chi connectivity index (χ2v) is 7.33. The van der Waals surface area contributed by atoms with E-state index in [1.807, 2.05) is 56.3 Å². The molecule has 152 valence electrons. The molecular weight excluding hydrogens is 382 g/mol. The minimum absolute atomic E-state index is 0.0917. The van der Waals surface area contributed by atoms with Crippen molar-refractivity contribution < 1.29 is 9.59 Å². The van der Waals surface area contributed by atoms with Crippen LogP contribution in [-0.2, 0) is 9.59 Å². The van der Waals surface area contributed by atoms with E-state index < -0.39 is 17.4 Å². The van der Waals surface area contributed by atoms with Crippen LogP contribution in [0.2, 0.25) is 0 Å². The van der Waals surface area contributed by atoms with Crippen molar-refractivity contribution in [3.63, 3.8) is 0 Å². The first-order valence-electron chi connectivity index (χ1n) is 9.54. The van der Waals surface area contributed by atoms with Crippen LogP contribution in [0.3, 0.4) is 0 Å². The number of amides is 2. The minimum atomic E-state index is -0.932. The molecule has 2 heterocycles. The Hall–Kier alpha value is -3.94. The van der Waals surface area contributed by atoms with Gasteiger partial charge in [0.25, 0.3) is 5.56 Å². The predicted molar refractivity (Wildman–Crippen MR) is 115 cm³/mol. The lowest BCUT2D eigenvalue weighted by atomic mass is 9.92. The number of carbonyl (C=O) groups is 2. The third kappa shape index (κ3) is 4.07. The van der Waals surface area contributed by atoms with E-state index in [9.17, 15) is 14.4 Å². The highest BCUT2D eigenvalue weighted by atomic mass is 16.2. The summed E-state index contributed by atoms with van der Waals surface area (Å²) in [5.41, 5.74) is 3.10. The maximum atomic E-state index is 12.9. The van der Waals surface area contributed by atoms with E-state index in [2.05, 4.69) is 25.9 Å². The lowest BCUT2D eigenvalue weighted by molar-refractivity contribution is -0.123. The van der Waals surface area contributed by atoms with Gasteiger partial charge in [0.15, 0.2) is 0 Å². The molecule has 0 radical (unpaired) electrons. The molecule has 1 aromatic heterocycles. The van der Waals surface area contributed by atoms with Crippen molar-refractivity contribution in [1.29, 1.82) is 0 Å². The van der Waals surface area contributed by atoms with Crippen LogP contribution < -0.4 is 21.5 Å². The van der Waals surface area contributed by atoms with Crippen LogP contribution in [0, 0.1) is 13.8 Å². The molecule has 0 saturated heterocycles. The van der Waals surface area contributed by atoms with Gasteiger partial charge in [-0.25, -0.2) is 0 Å². The number of fused-ring (bicyclic) bond motifs is 1. The maximum Gasteiger partial charge on any atom is 0.258 e. The fraction of sp³-hybridized carbons (Fsp3) is 0.182. The van der Waals surface area contributed by atoms with Crippen molar-refractivity contribution in [2.24, 2.45) is 0 Å². The Bertz CT molecular complexity index is 1180. The van der Waals surface area contributed by atoms with Gasteiger partial charge in [0, 0.05) is 17.8 Å². The highest BCUT2D eigenvalue weighted by Crippen LogP contribution is 2.30. The summed E-state index contributed by atoms with van der Waals surface area (Å²) in [6.45, 7) is 3.89. The maximum absolute atomic E-state index is 12.9. The number of hydrogen-bond acceptors (Lipinski definition) is 5. The molecule has 0 unspecified atom stereocenters. The first-order valence-corrected chi connectivity index (χ1v) is 9.54. The lowest BCUT2D eigenvalue weighted by Crippen LogP contribution is -2.36. The van der Waals surface area contributed by atoms with Gasteiger partial charge in [0.2, 0.25) is 17.8 Å². The number of aromatic nitrogens is 2. The average molecular weight is 403 g/mol. The Morgan fingerprint density at radius 2 is 1.80 bits per heavy atom. The number of carbonyl (C=O) groups excluding carboxylic acids is 2.